The lowest BCUT2D eigenvalue weighted by Crippen LogP contribution is -2.35. The summed E-state index contributed by atoms with van der Waals surface area (Å²) in [7, 11) is 0. The first-order valence-corrected chi connectivity index (χ1v) is 7.17. The standard InChI is InChI=1S/C15H28O2/c1-5-6-13(16)10-17-15-9-12(4)7-8-14(15)11(2)3/h11-12,14-15H,5-10H2,1-4H3. The molecule has 0 spiro atoms. The van der Waals surface area contributed by atoms with E-state index < -0.39 is 0 Å². The Kier molecular flexibility index (Phi) is 6.18. The molecule has 0 heterocycles. The van der Waals surface area contributed by atoms with E-state index in [-0.39, 0.29) is 5.78 Å². The lowest BCUT2D eigenvalue weighted by Gasteiger charge is -2.37. The molecule has 1 fully saturated rings. The maximum absolute atomic E-state index is 11.5. The van der Waals surface area contributed by atoms with Crippen LogP contribution >= 0.6 is 0 Å². The van der Waals surface area contributed by atoms with Gasteiger partial charge in [0.05, 0.1) is 6.10 Å². The summed E-state index contributed by atoms with van der Waals surface area (Å²) in [5.74, 6) is 2.30. The maximum Gasteiger partial charge on any atom is 0.158 e. The van der Waals surface area contributed by atoms with Gasteiger partial charge in [0.15, 0.2) is 5.78 Å². The number of ketones is 1. The summed E-state index contributed by atoms with van der Waals surface area (Å²) in [4.78, 5) is 11.5. The van der Waals surface area contributed by atoms with Crippen molar-refractivity contribution in [2.75, 3.05) is 6.61 Å². The van der Waals surface area contributed by atoms with Crippen LogP contribution in [0.4, 0.5) is 0 Å². The lowest BCUT2D eigenvalue weighted by molar-refractivity contribution is -0.129. The summed E-state index contributed by atoms with van der Waals surface area (Å²) >= 11 is 0. The third-order valence-electron chi connectivity index (χ3n) is 3.95. The Labute approximate surface area is 106 Å². The van der Waals surface area contributed by atoms with Crippen LogP contribution in [0.15, 0.2) is 0 Å². The van der Waals surface area contributed by atoms with Gasteiger partial charge in [-0.05, 0) is 37.0 Å². The van der Waals surface area contributed by atoms with Crippen molar-refractivity contribution in [2.45, 2.75) is 65.9 Å². The second-order valence-electron chi connectivity index (χ2n) is 5.96. The van der Waals surface area contributed by atoms with Crippen molar-refractivity contribution in [3.63, 3.8) is 0 Å². The van der Waals surface area contributed by atoms with E-state index in [1.165, 1.54) is 12.8 Å². The van der Waals surface area contributed by atoms with Crippen LogP contribution in [0.1, 0.15) is 59.8 Å². The fourth-order valence-electron chi connectivity index (χ4n) is 2.86. The molecule has 2 heteroatoms. The second-order valence-corrected chi connectivity index (χ2v) is 5.96. The van der Waals surface area contributed by atoms with Crippen LogP contribution in [0.2, 0.25) is 0 Å². The minimum atomic E-state index is 0.258. The number of carbonyl (C=O) groups excluding carboxylic acids is 1. The first-order chi connectivity index (χ1) is 8.04. The van der Waals surface area contributed by atoms with Gasteiger partial charge in [0.2, 0.25) is 0 Å². The Morgan fingerprint density at radius 1 is 1.35 bits per heavy atom. The highest BCUT2D eigenvalue weighted by atomic mass is 16.5. The number of rotatable bonds is 6. The molecule has 2 nitrogen and oxygen atoms in total. The van der Waals surface area contributed by atoms with Crippen molar-refractivity contribution in [3.05, 3.63) is 0 Å². The van der Waals surface area contributed by atoms with Gasteiger partial charge in [0.1, 0.15) is 6.61 Å². The van der Waals surface area contributed by atoms with Crippen LogP contribution in [0.25, 0.3) is 0 Å². The van der Waals surface area contributed by atoms with Gasteiger partial charge in [-0.15, -0.1) is 0 Å². The molecule has 0 amide bonds. The van der Waals surface area contributed by atoms with E-state index in [4.69, 9.17) is 4.74 Å². The Hall–Kier alpha value is -0.370. The molecular weight excluding hydrogens is 212 g/mol. The molecular formula is C15H28O2. The fraction of sp³-hybridized carbons (Fsp3) is 0.933. The predicted octanol–water partition coefficient (Wildman–Crippen LogP) is 3.83. The van der Waals surface area contributed by atoms with Crippen molar-refractivity contribution in [3.8, 4) is 0 Å². The highest BCUT2D eigenvalue weighted by molar-refractivity contribution is 5.79. The van der Waals surface area contributed by atoms with E-state index >= 15 is 0 Å². The summed E-state index contributed by atoms with van der Waals surface area (Å²) in [5, 5.41) is 0. The summed E-state index contributed by atoms with van der Waals surface area (Å²) in [6.07, 6.45) is 5.59. The average molecular weight is 240 g/mol. The van der Waals surface area contributed by atoms with E-state index in [9.17, 15) is 4.79 Å². The largest absolute Gasteiger partial charge is 0.370 e. The Morgan fingerprint density at radius 3 is 2.65 bits per heavy atom. The quantitative estimate of drug-likeness (QED) is 0.705. The molecule has 1 saturated carbocycles. The van der Waals surface area contributed by atoms with Gasteiger partial charge in [-0.1, -0.05) is 34.1 Å². The van der Waals surface area contributed by atoms with E-state index in [2.05, 4.69) is 20.8 Å². The van der Waals surface area contributed by atoms with Crippen LogP contribution < -0.4 is 0 Å². The second kappa shape index (κ2) is 7.15. The number of hydrogen-bond acceptors (Lipinski definition) is 2. The van der Waals surface area contributed by atoms with Gasteiger partial charge in [-0.25, -0.2) is 0 Å². The molecule has 0 aliphatic heterocycles. The van der Waals surface area contributed by atoms with E-state index in [0.717, 1.165) is 18.8 Å². The molecule has 0 radical (unpaired) electrons. The van der Waals surface area contributed by atoms with Crippen LogP contribution in [0, 0.1) is 17.8 Å². The van der Waals surface area contributed by atoms with Crippen LogP contribution in [0.3, 0.4) is 0 Å². The van der Waals surface area contributed by atoms with Crippen molar-refractivity contribution in [1.82, 2.24) is 0 Å². The normalized spacial score (nSPS) is 29.6. The smallest absolute Gasteiger partial charge is 0.158 e. The van der Waals surface area contributed by atoms with E-state index in [0.29, 0.717) is 31.0 Å². The van der Waals surface area contributed by atoms with Crippen molar-refractivity contribution in [2.24, 2.45) is 17.8 Å². The number of hydrogen-bond donors (Lipinski definition) is 0. The highest BCUT2D eigenvalue weighted by Crippen LogP contribution is 2.35. The zero-order valence-corrected chi connectivity index (χ0v) is 11.9. The maximum atomic E-state index is 11.5. The number of carbonyl (C=O) groups is 1. The fourth-order valence-corrected chi connectivity index (χ4v) is 2.86. The molecule has 0 aromatic carbocycles. The minimum Gasteiger partial charge on any atom is -0.370 e. The first kappa shape index (κ1) is 14.7. The van der Waals surface area contributed by atoms with Gasteiger partial charge in [-0.3, -0.25) is 4.79 Å². The monoisotopic (exact) mass is 240 g/mol. The SMILES string of the molecule is CCCC(=O)COC1CC(C)CCC1C(C)C. The molecule has 1 aliphatic rings. The van der Waals surface area contributed by atoms with Crippen LogP contribution in [-0.4, -0.2) is 18.5 Å². The number of Topliss-reactive ketones (excluding diaryl/α,β-unsaturated/α-hetero) is 1. The molecule has 0 bridgehead atoms. The summed E-state index contributed by atoms with van der Waals surface area (Å²) in [5.41, 5.74) is 0. The molecule has 0 N–H and O–H groups in total. The van der Waals surface area contributed by atoms with Crippen molar-refractivity contribution in [1.29, 1.82) is 0 Å². The zero-order valence-electron chi connectivity index (χ0n) is 11.9. The topological polar surface area (TPSA) is 26.3 Å². The Balaban J connectivity index is 2.43. The first-order valence-electron chi connectivity index (χ1n) is 7.17. The Morgan fingerprint density at radius 2 is 2.06 bits per heavy atom. The highest BCUT2D eigenvalue weighted by Gasteiger charge is 2.31. The molecule has 3 unspecified atom stereocenters. The molecule has 1 aliphatic carbocycles. The third kappa shape index (κ3) is 4.79. The van der Waals surface area contributed by atoms with Gasteiger partial charge in [-0.2, -0.15) is 0 Å². The lowest BCUT2D eigenvalue weighted by atomic mass is 9.75. The molecule has 0 saturated heterocycles. The van der Waals surface area contributed by atoms with Gasteiger partial charge >= 0.3 is 0 Å². The van der Waals surface area contributed by atoms with Gasteiger partial charge in [0, 0.05) is 6.42 Å². The number of ether oxygens (including phenoxy) is 1. The van der Waals surface area contributed by atoms with Crippen molar-refractivity contribution < 1.29 is 9.53 Å². The average Bonchev–Trinajstić information content (AvgIpc) is 2.26. The molecule has 0 aromatic rings. The molecule has 17 heavy (non-hydrogen) atoms. The van der Waals surface area contributed by atoms with E-state index in [1.54, 1.807) is 0 Å². The van der Waals surface area contributed by atoms with Crippen LogP contribution in [-0.2, 0) is 9.53 Å². The minimum absolute atomic E-state index is 0.258. The van der Waals surface area contributed by atoms with Gasteiger partial charge < -0.3 is 4.74 Å². The third-order valence-corrected chi connectivity index (χ3v) is 3.95. The summed E-state index contributed by atoms with van der Waals surface area (Å²) in [6.45, 7) is 9.20. The van der Waals surface area contributed by atoms with Crippen molar-refractivity contribution >= 4 is 5.78 Å². The van der Waals surface area contributed by atoms with E-state index in [1.807, 2.05) is 6.92 Å². The summed E-state index contributed by atoms with van der Waals surface area (Å²) in [6, 6.07) is 0. The van der Waals surface area contributed by atoms with Crippen LogP contribution in [0.5, 0.6) is 0 Å². The molecule has 3 atom stereocenters. The Bertz CT molecular complexity index is 235. The molecule has 1 rings (SSSR count). The molecule has 0 aromatic heterocycles. The molecule has 100 valence electrons. The zero-order chi connectivity index (χ0) is 12.8. The van der Waals surface area contributed by atoms with Gasteiger partial charge in [0.25, 0.3) is 0 Å². The summed E-state index contributed by atoms with van der Waals surface area (Å²) < 4.78 is 5.89. The predicted molar refractivity (Wildman–Crippen MR) is 71.0 cm³/mol.